The number of aliphatic carboxylic acids is 1. The van der Waals surface area contributed by atoms with Crippen molar-refractivity contribution < 1.29 is 23.1 Å². The second-order valence-corrected chi connectivity index (χ2v) is 7.35. The van der Waals surface area contributed by atoms with Crippen LogP contribution in [-0.2, 0) is 19.6 Å². The van der Waals surface area contributed by atoms with Gasteiger partial charge in [-0.3, -0.25) is 4.79 Å². The summed E-state index contributed by atoms with van der Waals surface area (Å²) in [5.41, 5.74) is 0. The molecule has 0 saturated carbocycles. The molecule has 0 bridgehead atoms. The zero-order valence-corrected chi connectivity index (χ0v) is 12.3. The van der Waals surface area contributed by atoms with Crippen molar-refractivity contribution in [1.82, 2.24) is 9.21 Å². The van der Waals surface area contributed by atoms with E-state index in [2.05, 4.69) is 0 Å². The second-order valence-electron chi connectivity index (χ2n) is 5.41. The first-order valence-electron chi connectivity index (χ1n) is 6.82. The van der Waals surface area contributed by atoms with Crippen molar-refractivity contribution >= 4 is 21.9 Å². The smallest absolute Gasteiger partial charge is 0.326 e. The maximum Gasteiger partial charge on any atom is 0.326 e. The van der Waals surface area contributed by atoms with Gasteiger partial charge < -0.3 is 10.0 Å². The van der Waals surface area contributed by atoms with Crippen molar-refractivity contribution in [2.24, 2.45) is 0 Å². The molecular weight excluding hydrogens is 284 g/mol. The van der Waals surface area contributed by atoms with E-state index in [1.807, 2.05) is 0 Å². The van der Waals surface area contributed by atoms with Gasteiger partial charge in [-0.15, -0.1) is 0 Å². The number of sulfonamides is 1. The van der Waals surface area contributed by atoms with Gasteiger partial charge in [0.25, 0.3) is 0 Å². The SMILES string of the molecule is CS(=O)(=O)N1CCCC1C(=O)N1CCCCC1C(=O)O. The molecule has 20 heavy (non-hydrogen) atoms. The normalized spacial score (nSPS) is 28.6. The summed E-state index contributed by atoms with van der Waals surface area (Å²) >= 11 is 0. The van der Waals surface area contributed by atoms with Crippen LogP contribution in [0.5, 0.6) is 0 Å². The van der Waals surface area contributed by atoms with Gasteiger partial charge in [-0.2, -0.15) is 4.31 Å². The highest BCUT2D eigenvalue weighted by atomic mass is 32.2. The van der Waals surface area contributed by atoms with Crippen molar-refractivity contribution in [1.29, 1.82) is 0 Å². The molecule has 0 aromatic heterocycles. The molecule has 2 heterocycles. The summed E-state index contributed by atoms with van der Waals surface area (Å²) in [6.45, 7) is 0.727. The van der Waals surface area contributed by atoms with Crippen LogP contribution < -0.4 is 0 Å². The van der Waals surface area contributed by atoms with E-state index in [1.165, 1.54) is 9.21 Å². The summed E-state index contributed by atoms with van der Waals surface area (Å²) in [5, 5.41) is 9.20. The summed E-state index contributed by atoms with van der Waals surface area (Å²) in [6.07, 6.45) is 4.17. The molecule has 2 aliphatic heterocycles. The Bertz CT molecular complexity index is 504. The summed E-state index contributed by atoms with van der Waals surface area (Å²) in [4.78, 5) is 25.1. The van der Waals surface area contributed by atoms with Crippen LogP contribution >= 0.6 is 0 Å². The van der Waals surface area contributed by atoms with E-state index in [0.29, 0.717) is 32.4 Å². The number of amides is 1. The van der Waals surface area contributed by atoms with Crippen molar-refractivity contribution in [3.8, 4) is 0 Å². The molecule has 1 amide bonds. The summed E-state index contributed by atoms with van der Waals surface area (Å²) < 4.78 is 24.6. The van der Waals surface area contributed by atoms with Crippen LogP contribution in [0.2, 0.25) is 0 Å². The molecule has 2 saturated heterocycles. The number of hydrogen-bond donors (Lipinski definition) is 1. The highest BCUT2D eigenvalue weighted by molar-refractivity contribution is 7.88. The Hall–Kier alpha value is -1.15. The zero-order valence-electron chi connectivity index (χ0n) is 11.5. The minimum Gasteiger partial charge on any atom is -0.480 e. The predicted molar refractivity (Wildman–Crippen MR) is 71.6 cm³/mol. The van der Waals surface area contributed by atoms with Gasteiger partial charge in [0.2, 0.25) is 15.9 Å². The third kappa shape index (κ3) is 2.95. The third-order valence-electron chi connectivity index (χ3n) is 3.99. The van der Waals surface area contributed by atoms with Gasteiger partial charge in [0.05, 0.1) is 6.26 Å². The first-order chi connectivity index (χ1) is 9.32. The van der Waals surface area contributed by atoms with Crippen LogP contribution in [0.15, 0.2) is 0 Å². The van der Waals surface area contributed by atoms with Gasteiger partial charge in [-0.1, -0.05) is 0 Å². The summed E-state index contributed by atoms with van der Waals surface area (Å²) in [6, 6.07) is -1.55. The zero-order chi connectivity index (χ0) is 14.9. The van der Waals surface area contributed by atoms with Gasteiger partial charge in [0.15, 0.2) is 0 Å². The predicted octanol–water partition coefficient (Wildman–Crippen LogP) is -0.124. The van der Waals surface area contributed by atoms with Gasteiger partial charge in [-0.05, 0) is 32.1 Å². The lowest BCUT2D eigenvalue weighted by Crippen LogP contribution is -2.54. The van der Waals surface area contributed by atoms with E-state index in [9.17, 15) is 23.1 Å². The van der Waals surface area contributed by atoms with Crippen LogP contribution in [0.4, 0.5) is 0 Å². The number of carbonyl (C=O) groups is 2. The van der Waals surface area contributed by atoms with Crippen molar-refractivity contribution in [3.63, 3.8) is 0 Å². The lowest BCUT2D eigenvalue weighted by molar-refractivity contribution is -0.153. The number of piperidine rings is 1. The van der Waals surface area contributed by atoms with Gasteiger partial charge in [-0.25, -0.2) is 13.2 Å². The number of carboxylic acid groups (broad SMARTS) is 1. The Kier molecular flexibility index (Phi) is 4.33. The van der Waals surface area contributed by atoms with Crippen LogP contribution in [0.1, 0.15) is 32.1 Å². The Morgan fingerprint density at radius 2 is 1.70 bits per heavy atom. The molecule has 114 valence electrons. The van der Waals surface area contributed by atoms with Crippen LogP contribution in [0, 0.1) is 0 Å². The third-order valence-corrected chi connectivity index (χ3v) is 5.27. The fourth-order valence-corrected chi connectivity index (χ4v) is 4.15. The summed E-state index contributed by atoms with van der Waals surface area (Å²) in [7, 11) is -3.43. The number of carboxylic acids is 1. The maximum absolute atomic E-state index is 12.5. The molecule has 0 radical (unpaired) electrons. The van der Waals surface area contributed by atoms with Crippen LogP contribution in [-0.4, -0.2) is 66.0 Å². The maximum atomic E-state index is 12.5. The standard InChI is InChI=1S/C12H20N2O5S/c1-20(18,19)14-8-4-6-9(14)11(15)13-7-3-2-5-10(13)12(16)17/h9-10H,2-8H2,1H3,(H,16,17). The number of likely N-dealkylation sites (tertiary alicyclic amines) is 1. The fourth-order valence-electron chi connectivity index (χ4n) is 3.03. The van der Waals surface area contributed by atoms with Crippen LogP contribution in [0.25, 0.3) is 0 Å². The molecule has 2 rings (SSSR count). The lowest BCUT2D eigenvalue weighted by atomic mass is 10.0. The Balaban J connectivity index is 2.19. The number of carbonyl (C=O) groups excluding carboxylic acids is 1. The number of nitrogens with zero attached hydrogens (tertiary/aromatic N) is 2. The topological polar surface area (TPSA) is 95.0 Å². The minimum atomic E-state index is -3.43. The summed E-state index contributed by atoms with van der Waals surface area (Å²) in [5.74, 6) is -1.37. The molecule has 2 aliphatic rings. The molecule has 1 N–H and O–H groups in total. The second kappa shape index (κ2) is 5.69. The fraction of sp³-hybridized carbons (Fsp3) is 0.833. The molecule has 0 aliphatic carbocycles. The quantitative estimate of drug-likeness (QED) is 0.784. The first kappa shape index (κ1) is 15.2. The van der Waals surface area contributed by atoms with Gasteiger partial charge in [0.1, 0.15) is 12.1 Å². The van der Waals surface area contributed by atoms with E-state index in [1.54, 1.807) is 0 Å². The Morgan fingerprint density at radius 1 is 1.05 bits per heavy atom. The lowest BCUT2D eigenvalue weighted by Gasteiger charge is -2.36. The van der Waals surface area contributed by atoms with Crippen molar-refractivity contribution in [3.05, 3.63) is 0 Å². The van der Waals surface area contributed by atoms with Crippen LogP contribution in [0.3, 0.4) is 0 Å². The van der Waals surface area contributed by atoms with E-state index in [0.717, 1.165) is 19.1 Å². The average molecular weight is 304 g/mol. The van der Waals surface area contributed by atoms with Gasteiger partial charge in [0, 0.05) is 13.1 Å². The first-order valence-corrected chi connectivity index (χ1v) is 8.67. The van der Waals surface area contributed by atoms with E-state index < -0.39 is 28.1 Å². The molecule has 0 aromatic rings. The van der Waals surface area contributed by atoms with E-state index >= 15 is 0 Å². The van der Waals surface area contributed by atoms with E-state index in [-0.39, 0.29) is 5.91 Å². The minimum absolute atomic E-state index is 0.334. The van der Waals surface area contributed by atoms with Gasteiger partial charge >= 0.3 is 5.97 Å². The Labute approximate surface area is 118 Å². The van der Waals surface area contributed by atoms with Crippen molar-refractivity contribution in [2.45, 2.75) is 44.2 Å². The molecule has 2 atom stereocenters. The Morgan fingerprint density at radius 3 is 2.30 bits per heavy atom. The molecule has 8 heteroatoms. The van der Waals surface area contributed by atoms with E-state index in [4.69, 9.17) is 0 Å². The molecular formula is C12H20N2O5S. The highest BCUT2D eigenvalue weighted by Crippen LogP contribution is 2.26. The number of hydrogen-bond acceptors (Lipinski definition) is 4. The largest absolute Gasteiger partial charge is 0.480 e. The highest BCUT2D eigenvalue weighted by Gasteiger charge is 2.42. The molecule has 7 nitrogen and oxygen atoms in total. The molecule has 0 aromatic carbocycles. The molecule has 0 spiro atoms. The van der Waals surface area contributed by atoms with Crippen molar-refractivity contribution in [2.75, 3.05) is 19.3 Å². The average Bonchev–Trinajstić information content (AvgIpc) is 2.87. The number of rotatable bonds is 3. The monoisotopic (exact) mass is 304 g/mol. The molecule has 2 unspecified atom stereocenters. The molecule has 2 fully saturated rings.